The summed E-state index contributed by atoms with van der Waals surface area (Å²) in [5, 5.41) is 6.46. The van der Waals surface area contributed by atoms with Crippen LogP contribution in [-0.4, -0.2) is 28.5 Å². The van der Waals surface area contributed by atoms with Crippen molar-refractivity contribution >= 4 is 40.0 Å². The second-order valence-corrected chi connectivity index (χ2v) is 7.45. The summed E-state index contributed by atoms with van der Waals surface area (Å²) in [5.74, 6) is 0.658. The number of nitrogens with zero attached hydrogens (tertiary/aromatic N) is 1. The molecule has 26 heavy (non-hydrogen) atoms. The second kappa shape index (κ2) is 10.5. The van der Waals surface area contributed by atoms with Crippen molar-refractivity contribution in [1.82, 2.24) is 15.4 Å². The van der Waals surface area contributed by atoms with Crippen molar-refractivity contribution in [2.75, 3.05) is 14.1 Å². The fourth-order valence-corrected chi connectivity index (χ4v) is 3.13. The van der Waals surface area contributed by atoms with Crippen LogP contribution in [0.2, 0.25) is 0 Å². The summed E-state index contributed by atoms with van der Waals surface area (Å²) in [5.41, 5.74) is 3.28. The van der Waals surface area contributed by atoms with Crippen LogP contribution in [0.4, 0.5) is 0 Å². The fourth-order valence-electron chi connectivity index (χ4n) is 2.33. The molecular formula is C18H25IN4O2S. The van der Waals surface area contributed by atoms with Crippen LogP contribution in [0.5, 0.6) is 0 Å². The number of nitrogens with one attached hydrogen (secondary N) is 3. The Kier molecular flexibility index (Phi) is 9.03. The van der Waals surface area contributed by atoms with Crippen molar-refractivity contribution in [3.63, 3.8) is 0 Å². The van der Waals surface area contributed by atoms with Crippen LogP contribution in [0.3, 0.4) is 0 Å². The molecule has 0 spiro atoms. The van der Waals surface area contributed by atoms with E-state index in [1.165, 1.54) is 18.2 Å². The van der Waals surface area contributed by atoms with E-state index in [0.29, 0.717) is 19.0 Å². The quantitative estimate of drug-likeness (QED) is 0.332. The Hall–Kier alpha value is -1.65. The summed E-state index contributed by atoms with van der Waals surface area (Å²) in [4.78, 5) is 4.45. The third-order valence-electron chi connectivity index (χ3n) is 3.87. The maximum Gasteiger partial charge on any atom is 0.240 e. The minimum absolute atomic E-state index is 0. The molecule has 3 N–H and O–H groups in total. The first-order chi connectivity index (χ1) is 12.0. The number of aryl methyl sites for hydroxylation is 1. The molecule has 0 bridgehead atoms. The Morgan fingerprint density at radius 2 is 1.73 bits per heavy atom. The zero-order chi connectivity index (χ0) is 18.3. The highest BCUT2D eigenvalue weighted by Crippen LogP contribution is 2.11. The van der Waals surface area contributed by atoms with Gasteiger partial charge in [-0.1, -0.05) is 36.4 Å². The first-order valence-electron chi connectivity index (χ1n) is 7.98. The Labute approximate surface area is 172 Å². The van der Waals surface area contributed by atoms with E-state index in [1.807, 2.05) is 18.2 Å². The highest BCUT2D eigenvalue weighted by atomic mass is 127. The molecule has 0 aromatic heterocycles. The van der Waals surface area contributed by atoms with Crippen molar-refractivity contribution in [3.05, 3.63) is 65.2 Å². The third kappa shape index (κ3) is 6.26. The van der Waals surface area contributed by atoms with Crippen molar-refractivity contribution in [1.29, 1.82) is 0 Å². The molecule has 142 valence electrons. The summed E-state index contributed by atoms with van der Waals surface area (Å²) >= 11 is 0. The zero-order valence-electron chi connectivity index (χ0n) is 15.1. The molecule has 6 nitrogen and oxygen atoms in total. The molecule has 0 amide bonds. The molecular weight excluding hydrogens is 463 g/mol. The standard InChI is InChI=1S/C18H24N4O2S.HI/c1-14-7-4-5-9-16(14)13-22-18(19-2)21-12-15-8-6-10-17(11-15)25(23,24)20-3;/h4-11,20H,12-13H2,1-3H3,(H2,19,21,22);1H. The van der Waals surface area contributed by atoms with E-state index in [4.69, 9.17) is 0 Å². The lowest BCUT2D eigenvalue weighted by atomic mass is 10.1. The monoisotopic (exact) mass is 488 g/mol. The van der Waals surface area contributed by atoms with Crippen LogP contribution in [-0.2, 0) is 23.1 Å². The average Bonchev–Trinajstić information content (AvgIpc) is 2.63. The van der Waals surface area contributed by atoms with E-state index in [1.54, 1.807) is 25.2 Å². The maximum absolute atomic E-state index is 11.9. The van der Waals surface area contributed by atoms with Gasteiger partial charge in [0.15, 0.2) is 5.96 Å². The van der Waals surface area contributed by atoms with Crippen molar-refractivity contribution in [2.45, 2.75) is 24.9 Å². The normalized spacial score (nSPS) is 11.6. The molecule has 0 aliphatic heterocycles. The number of hydrogen-bond donors (Lipinski definition) is 3. The van der Waals surface area contributed by atoms with Crippen LogP contribution < -0.4 is 15.4 Å². The summed E-state index contributed by atoms with van der Waals surface area (Å²) in [6.45, 7) is 3.21. The molecule has 0 unspecified atom stereocenters. The number of rotatable bonds is 6. The molecule has 0 aliphatic carbocycles. The number of hydrogen-bond acceptors (Lipinski definition) is 3. The topological polar surface area (TPSA) is 82.6 Å². The van der Waals surface area contributed by atoms with Gasteiger partial charge in [0.1, 0.15) is 0 Å². The Balaban J connectivity index is 0.00000338. The SMILES string of the molecule is CN=C(NCc1cccc(S(=O)(=O)NC)c1)NCc1ccccc1C.I. The van der Waals surface area contributed by atoms with Crippen LogP contribution >= 0.6 is 24.0 Å². The van der Waals surface area contributed by atoms with Gasteiger partial charge in [0.2, 0.25) is 10.0 Å². The lowest BCUT2D eigenvalue weighted by Crippen LogP contribution is -2.36. The van der Waals surface area contributed by atoms with Crippen LogP contribution in [0, 0.1) is 6.92 Å². The smallest absolute Gasteiger partial charge is 0.240 e. The van der Waals surface area contributed by atoms with E-state index < -0.39 is 10.0 Å². The lowest BCUT2D eigenvalue weighted by Gasteiger charge is -2.13. The molecule has 8 heteroatoms. The number of halogens is 1. The highest BCUT2D eigenvalue weighted by Gasteiger charge is 2.11. The molecule has 2 rings (SSSR count). The second-order valence-electron chi connectivity index (χ2n) is 5.56. The van der Waals surface area contributed by atoms with Gasteiger partial charge < -0.3 is 10.6 Å². The Bertz CT molecular complexity index is 854. The predicted octanol–water partition coefficient (Wildman–Crippen LogP) is 2.39. The van der Waals surface area contributed by atoms with Gasteiger partial charge in [-0.3, -0.25) is 4.99 Å². The molecule has 2 aromatic carbocycles. The molecule has 0 aliphatic rings. The Morgan fingerprint density at radius 3 is 2.38 bits per heavy atom. The lowest BCUT2D eigenvalue weighted by molar-refractivity contribution is 0.588. The average molecular weight is 488 g/mol. The molecule has 0 heterocycles. The zero-order valence-corrected chi connectivity index (χ0v) is 18.3. The molecule has 0 fully saturated rings. The molecule has 0 saturated heterocycles. The maximum atomic E-state index is 11.9. The van der Waals surface area contributed by atoms with Crippen LogP contribution in [0.25, 0.3) is 0 Å². The van der Waals surface area contributed by atoms with E-state index >= 15 is 0 Å². The highest BCUT2D eigenvalue weighted by molar-refractivity contribution is 14.0. The van der Waals surface area contributed by atoms with Gasteiger partial charge in [-0.15, -0.1) is 24.0 Å². The first-order valence-corrected chi connectivity index (χ1v) is 9.46. The van der Waals surface area contributed by atoms with Gasteiger partial charge in [-0.05, 0) is 42.8 Å². The Morgan fingerprint density at radius 1 is 1.04 bits per heavy atom. The fraction of sp³-hybridized carbons (Fsp3) is 0.278. The first kappa shape index (κ1) is 22.4. The predicted molar refractivity (Wildman–Crippen MR) is 116 cm³/mol. The third-order valence-corrected chi connectivity index (χ3v) is 5.28. The van der Waals surface area contributed by atoms with Gasteiger partial charge in [0, 0.05) is 20.1 Å². The van der Waals surface area contributed by atoms with Crippen LogP contribution in [0.1, 0.15) is 16.7 Å². The minimum atomic E-state index is -3.44. The van der Waals surface area contributed by atoms with Crippen molar-refractivity contribution in [3.8, 4) is 0 Å². The summed E-state index contributed by atoms with van der Waals surface area (Å²) in [7, 11) is -0.336. The van der Waals surface area contributed by atoms with Crippen molar-refractivity contribution in [2.24, 2.45) is 4.99 Å². The summed E-state index contributed by atoms with van der Waals surface area (Å²) < 4.78 is 26.1. The van der Waals surface area contributed by atoms with E-state index in [0.717, 1.165) is 5.56 Å². The number of benzene rings is 2. The van der Waals surface area contributed by atoms with Gasteiger partial charge in [-0.2, -0.15) is 0 Å². The largest absolute Gasteiger partial charge is 0.352 e. The van der Waals surface area contributed by atoms with Gasteiger partial charge in [0.25, 0.3) is 0 Å². The number of aliphatic imine (C=N–C) groups is 1. The van der Waals surface area contributed by atoms with Crippen molar-refractivity contribution < 1.29 is 8.42 Å². The molecule has 2 aromatic rings. The molecule has 0 saturated carbocycles. The van der Waals surface area contributed by atoms with E-state index in [-0.39, 0.29) is 28.9 Å². The number of guanidine groups is 1. The van der Waals surface area contributed by atoms with E-state index in [2.05, 4.69) is 39.4 Å². The van der Waals surface area contributed by atoms with Crippen LogP contribution in [0.15, 0.2) is 58.4 Å². The summed E-state index contributed by atoms with van der Waals surface area (Å²) in [6.07, 6.45) is 0. The minimum Gasteiger partial charge on any atom is -0.352 e. The van der Waals surface area contributed by atoms with Gasteiger partial charge in [0.05, 0.1) is 4.90 Å². The summed E-state index contributed by atoms with van der Waals surface area (Å²) in [6, 6.07) is 15.0. The number of sulfonamides is 1. The molecule has 0 radical (unpaired) electrons. The molecule has 0 atom stereocenters. The van der Waals surface area contributed by atoms with E-state index in [9.17, 15) is 8.42 Å². The van der Waals surface area contributed by atoms with Gasteiger partial charge >= 0.3 is 0 Å². The van der Waals surface area contributed by atoms with Gasteiger partial charge in [-0.25, -0.2) is 13.1 Å².